The summed E-state index contributed by atoms with van der Waals surface area (Å²) < 4.78 is 4.97. The number of hydrogen-bond donors (Lipinski definition) is 2. The fraction of sp³-hybridized carbons (Fsp3) is 0.769. The normalized spacial score (nSPS) is 12.7. The number of aromatic nitrogens is 2. The number of rotatable bonds is 8. The number of nitrogens with one attached hydrogen (secondary N) is 1. The van der Waals surface area contributed by atoms with E-state index in [-0.39, 0.29) is 11.8 Å². The molecule has 19 heavy (non-hydrogen) atoms. The first-order valence-electron chi connectivity index (χ1n) is 6.77. The molecule has 0 fully saturated rings. The molecule has 1 atom stereocenters. The maximum absolute atomic E-state index is 11.8. The van der Waals surface area contributed by atoms with Gasteiger partial charge in [0.1, 0.15) is 0 Å². The molecular weight excluding hydrogens is 244 g/mol. The highest BCUT2D eigenvalue weighted by atomic mass is 16.5. The third kappa shape index (κ3) is 6.33. The highest BCUT2D eigenvalue weighted by molar-refractivity contribution is 5.76. The number of aryl methyl sites for hydroxylation is 1. The molecule has 0 aliphatic heterocycles. The van der Waals surface area contributed by atoms with Gasteiger partial charge in [-0.05, 0) is 31.7 Å². The molecule has 0 bridgehead atoms. The third-order valence-corrected chi connectivity index (χ3v) is 2.84. The predicted molar refractivity (Wildman–Crippen MR) is 72.4 cm³/mol. The van der Waals surface area contributed by atoms with Crippen molar-refractivity contribution in [2.24, 2.45) is 17.6 Å². The van der Waals surface area contributed by atoms with Crippen LogP contribution in [0, 0.1) is 18.8 Å². The molecule has 0 aliphatic carbocycles. The van der Waals surface area contributed by atoms with Gasteiger partial charge in [-0.25, -0.2) is 0 Å². The SMILES string of the molecule is Cc1noc(CCNC(=O)C[C@@H](CN)CC(C)C)n1. The van der Waals surface area contributed by atoms with Gasteiger partial charge < -0.3 is 15.6 Å². The quantitative estimate of drug-likeness (QED) is 0.735. The Balaban J connectivity index is 2.23. The minimum atomic E-state index is 0.0346. The van der Waals surface area contributed by atoms with Crippen LogP contribution in [0.2, 0.25) is 0 Å². The smallest absolute Gasteiger partial charge is 0.228 e. The summed E-state index contributed by atoms with van der Waals surface area (Å²) in [7, 11) is 0. The maximum atomic E-state index is 11.8. The summed E-state index contributed by atoms with van der Waals surface area (Å²) >= 11 is 0. The molecule has 108 valence electrons. The van der Waals surface area contributed by atoms with E-state index in [9.17, 15) is 4.79 Å². The lowest BCUT2D eigenvalue weighted by molar-refractivity contribution is -0.122. The summed E-state index contributed by atoms with van der Waals surface area (Å²) in [5.41, 5.74) is 5.68. The van der Waals surface area contributed by atoms with Crippen LogP contribution in [0.15, 0.2) is 4.52 Å². The van der Waals surface area contributed by atoms with Crippen LogP contribution >= 0.6 is 0 Å². The molecule has 1 amide bonds. The molecule has 1 aromatic heterocycles. The molecule has 0 saturated heterocycles. The monoisotopic (exact) mass is 268 g/mol. The van der Waals surface area contributed by atoms with Crippen LogP contribution in [-0.2, 0) is 11.2 Å². The molecule has 0 unspecified atom stereocenters. The standard InChI is InChI=1S/C13H24N4O2/c1-9(2)6-11(8-14)7-12(18)15-5-4-13-16-10(3)17-19-13/h9,11H,4-8,14H2,1-3H3,(H,15,18)/t11-/m0/s1. The van der Waals surface area contributed by atoms with Crippen molar-refractivity contribution < 1.29 is 9.32 Å². The van der Waals surface area contributed by atoms with Gasteiger partial charge in [0.25, 0.3) is 0 Å². The molecule has 1 heterocycles. The van der Waals surface area contributed by atoms with E-state index in [1.54, 1.807) is 6.92 Å². The Bertz CT molecular complexity index is 390. The minimum Gasteiger partial charge on any atom is -0.356 e. The van der Waals surface area contributed by atoms with Gasteiger partial charge in [-0.1, -0.05) is 19.0 Å². The Kier molecular flexibility index (Phi) is 6.49. The molecule has 0 saturated carbocycles. The first-order valence-corrected chi connectivity index (χ1v) is 6.77. The van der Waals surface area contributed by atoms with E-state index in [0.29, 0.717) is 43.6 Å². The van der Waals surface area contributed by atoms with E-state index in [1.165, 1.54) is 0 Å². The van der Waals surface area contributed by atoms with Gasteiger partial charge in [-0.3, -0.25) is 4.79 Å². The van der Waals surface area contributed by atoms with E-state index >= 15 is 0 Å². The number of carbonyl (C=O) groups is 1. The lowest BCUT2D eigenvalue weighted by Crippen LogP contribution is -2.30. The fourth-order valence-corrected chi connectivity index (χ4v) is 2.01. The van der Waals surface area contributed by atoms with Crippen molar-refractivity contribution in [3.8, 4) is 0 Å². The van der Waals surface area contributed by atoms with Crippen LogP contribution in [0.3, 0.4) is 0 Å². The van der Waals surface area contributed by atoms with Crippen molar-refractivity contribution in [2.75, 3.05) is 13.1 Å². The van der Waals surface area contributed by atoms with Crippen molar-refractivity contribution in [3.63, 3.8) is 0 Å². The Hall–Kier alpha value is -1.43. The predicted octanol–water partition coefficient (Wildman–Crippen LogP) is 1.05. The Morgan fingerprint density at radius 1 is 1.47 bits per heavy atom. The van der Waals surface area contributed by atoms with Gasteiger partial charge in [0.15, 0.2) is 5.82 Å². The van der Waals surface area contributed by atoms with Crippen molar-refractivity contribution in [1.29, 1.82) is 0 Å². The second kappa shape index (κ2) is 7.89. The molecule has 0 aromatic carbocycles. The number of nitrogens with two attached hydrogens (primary N) is 1. The van der Waals surface area contributed by atoms with Crippen molar-refractivity contribution in [1.82, 2.24) is 15.5 Å². The second-order valence-corrected chi connectivity index (χ2v) is 5.27. The number of nitrogens with zero attached hydrogens (tertiary/aromatic N) is 2. The van der Waals surface area contributed by atoms with Crippen LogP contribution in [0.1, 0.15) is 38.4 Å². The van der Waals surface area contributed by atoms with Crippen molar-refractivity contribution in [2.45, 2.75) is 40.0 Å². The van der Waals surface area contributed by atoms with E-state index in [4.69, 9.17) is 10.3 Å². The highest BCUT2D eigenvalue weighted by Gasteiger charge is 2.14. The Morgan fingerprint density at radius 2 is 2.21 bits per heavy atom. The van der Waals surface area contributed by atoms with Gasteiger partial charge in [0.2, 0.25) is 11.8 Å². The van der Waals surface area contributed by atoms with E-state index in [2.05, 4.69) is 29.3 Å². The average molecular weight is 268 g/mol. The summed E-state index contributed by atoms with van der Waals surface area (Å²) in [5, 5.41) is 6.55. The highest BCUT2D eigenvalue weighted by Crippen LogP contribution is 2.13. The zero-order valence-electron chi connectivity index (χ0n) is 12.0. The van der Waals surface area contributed by atoms with Crippen molar-refractivity contribution >= 4 is 5.91 Å². The summed E-state index contributed by atoms with van der Waals surface area (Å²) in [4.78, 5) is 15.8. The maximum Gasteiger partial charge on any atom is 0.228 e. The van der Waals surface area contributed by atoms with Crippen molar-refractivity contribution in [3.05, 3.63) is 11.7 Å². The minimum absolute atomic E-state index is 0.0346. The molecule has 3 N–H and O–H groups in total. The Labute approximate surface area is 114 Å². The molecule has 0 radical (unpaired) electrons. The lowest BCUT2D eigenvalue weighted by atomic mass is 9.94. The molecule has 6 heteroatoms. The number of hydrogen-bond acceptors (Lipinski definition) is 5. The molecule has 6 nitrogen and oxygen atoms in total. The molecule has 0 aliphatic rings. The Morgan fingerprint density at radius 3 is 2.74 bits per heavy atom. The van der Waals surface area contributed by atoms with Crippen LogP contribution in [0.25, 0.3) is 0 Å². The van der Waals surface area contributed by atoms with Gasteiger partial charge in [0, 0.05) is 19.4 Å². The second-order valence-electron chi connectivity index (χ2n) is 5.27. The summed E-state index contributed by atoms with van der Waals surface area (Å²) in [6.07, 6.45) is 2.02. The van der Waals surface area contributed by atoms with E-state index < -0.39 is 0 Å². The van der Waals surface area contributed by atoms with Gasteiger partial charge in [-0.15, -0.1) is 0 Å². The van der Waals surface area contributed by atoms with Gasteiger partial charge in [0.05, 0.1) is 0 Å². The van der Waals surface area contributed by atoms with Crippen LogP contribution < -0.4 is 11.1 Å². The van der Waals surface area contributed by atoms with Crippen LogP contribution in [-0.4, -0.2) is 29.1 Å². The number of carbonyl (C=O) groups excluding carboxylic acids is 1. The van der Waals surface area contributed by atoms with Crippen LogP contribution in [0.5, 0.6) is 0 Å². The fourth-order valence-electron chi connectivity index (χ4n) is 2.01. The first kappa shape index (κ1) is 15.6. The zero-order valence-corrected chi connectivity index (χ0v) is 12.0. The molecule has 1 rings (SSSR count). The van der Waals surface area contributed by atoms with Gasteiger partial charge >= 0.3 is 0 Å². The largest absolute Gasteiger partial charge is 0.356 e. The average Bonchev–Trinajstić information content (AvgIpc) is 2.73. The van der Waals surface area contributed by atoms with E-state index in [0.717, 1.165) is 6.42 Å². The van der Waals surface area contributed by atoms with E-state index in [1.807, 2.05) is 0 Å². The third-order valence-electron chi connectivity index (χ3n) is 2.84. The number of amides is 1. The van der Waals surface area contributed by atoms with Crippen LogP contribution in [0.4, 0.5) is 0 Å². The summed E-state index contributed by atoms with van der Waals surface area (Å²) in [6, 6.07) is 0. The summed E-state index contributed by atoms with van der Waals surface area (Å²) in [6.45, 7) is 7.11. The molecule has 0 spiro atoms. The summed E-state index contributed by atoms with van der Waals surface area (Å²) in [5.74, 6) is 2.01. The molecule has 1 aromatic rings. The first-order chi connectivity index (χ1) is 9.01. The lowest BCUT2D eigenvalue weighted by Gasteiger charge is -2.16. The topological polar surface area (TPSA) is 94.0 Å². The van der Waals surface area contributed by atoms with Gasteiger partial charge in [-0.2, -0.15) is 4.98 Å². The molecular formula is C13H24N4O2. The zero-order chi connectivity index (χ0) is 14.3.